The van der Waals surface area contributed by atoms with Crippen LogP contribution >= 0.6 is 15.9 Å². The summed E-state index contributed by atoms with van der Waals surface area (Å²) in [5.41, 5.74) is 0. The first-order chi connectivity index (χ1) is 8.69. The molecule has 5 nitrogen and oxygen atoms in total. The fraction of sp³-hybridized carbons (Fsp3) is 0.667. The average Bonchev–Trinajstić information content (AvgIpc) is 2.63. The van der Waals surface area contributed by atoms with Crippen molar-refractivity contribution in [1.29, 1.82) is 0 Å². The molecule has 2 aliphatic heterocycles. The fourth-order valence-corrected chi connectivity index (χ4v) is 3.44. The van der Waals surface area contributed by atoms with Gasteiger partial charge in [-0.1, -0.05) is 0 Å². The number of rotatable bonds is 2. The van der Waals surface area contributed by atoms with Crippen LogP contribution in [0.4, 0.5) is 5.95 Å². The van der Waals surface area contributed by atoms with Gasteiger partial charge >= 0.3 is 0 Å². The van der Waals surface area contributed by atoms with Gasteiger partial charge in [0.25, 0.3) is 0 Å². The van der Waals surface area contributed by atoms with Gasteiger partial charge in [-0.2, -0.15) is 4.98 Å². The minimum absolute atomic E-state index is 0.170. The zero-order valence-corrected chi connectivity index (χ0v) is 11.8. The van der Waals surface area contributed by atoms with Crippen molar-refractivity contribution in [2.45, 2.75) is 43.9 Å². The lowest BCUT2D eigenvalue weighted by Gasteiger charge is -2.37. The van der Waals surface area contributed by atoms with Crippen LogP contribution in [0.15, 0.2) is 10.7 Å². The molecule has 2 unspecified atom stereocenters. The first-order valence-electron chi connectivity index (χ1n) is 6.22. The number of piperidine rings is 1. The number of nitrogens with zero attached hydrogens (tertiary/aromatic N) is 3. The Morgan fingerprint density at radius 1 is 1.39 bits per heavy atom. The molecular formula is C12H16BrN3O2. The molecule has 2 atom stereocenters. The third-order valence-corrected chi connectivity index (χ3v) is 4.38. The molecule has 0 radical (unpaired) electrons. The van der Waals surface area contributed by atoms with Crippen LogP contribution in [0.2, 0.25) is 0 Å². The van der Waals surface area contributed by atoms with Crippen LogP contribution in [0.1, 0.15) is 25.7 Å². The lowest BCUT2D eigenvalue weighted by molar-refractivity contribution is 0.125. The zero-order valence-electron chi connectivity index (χ0n) is 10.2. The Morgan fingerprint density at radius 2 is 2.06 bits per heavy atom. The second-order valence-electron chi connectivity index (χ2n) is 4.94. The maximum atomic E-state index is 9.80. The number of aliphatic hydroxyl groups is 1. The Hall–Kier alpha value is -0.880. The van der Waals surface area contributed by atoms with Gasteiger partial charge in [0.2, 0.25) is 11.8 Å². The number of halogens is 1. The maximum Gasteiger partial charge on any atom is 0.232 e. The van der Waals surface area contributed by atoms with Crippen molar-refractivity contribution in [3.63, 3.8) is 0 Å². The van der Waals surface area contributed by atoms with E-state index in [1.54, 1.807) is 13.3 Å². The van der Waals surface area contributed by atoms with Gasteiger partial charge in [-0.25, -0.2) is 4.98 Å². The van der Waals surface area contributed by atoms with Crippen molar-refractivity contribution in [2.24, 2.45) is 0 Å². The molecule has 0 aliphatic carbocycles. The lowest BCUT2D eigenvalue weighted by Crippen LogP contribution is -2.45. The third kappa shape index (κ3) is 1.97. The minimum atomic E-state index is -0.170. The number of hydrogen-bond donors (Lipinski definition) is 1. The van der Waals surface area contributed by atoms with Crippen LogP contribution in [0.5, 0.6) is 5.88 Å². The molecule has 2 aliphatic rings. The van der Waals surface area contributed by atoms with E-state index < -0.39 is 0 Å². The van der Waals surface area contributed by atoms with Crippen molar-refractivity contribution in [3.8, 4) is 5.88 Å². The number of aromatic nitrogens is 2. The van der Waals surface area contributed by atoms with Crippen molar-refractivity contribution in [2.75, 3.05) is 12.0 Å². The van der Waals surface area contributed by atoms with Gasteiger partial charge in [0, 0.05) is 12.1 Å². The molecule has 2 saturated heterocycles. The predicted molar refractivity (Wildman–Crippen MR) is 70.8 cm³/mol. The highest BCUT2D eigenvalue weighted by molar-refractivity contribution is 9.10. The highest BCUT2D eigenvalue weighted by atomic mass is 79.9. The number of methoxy groups -OCH3 is 1. The molecule has 3 heterocycles. The van der Waals surface area contributed by atoms with Crippen LogP contribution < -0.4 is 9.64 Å². The molecule has 0 aromatic carbocycles. The summed E-state index contributed by atoms with van der Waals surface area (Å²) >= 11 is 3.36. The van der Waals surface area contributed by atoms with E-state index in [2.05, 4.69) is 30.8 Å². The van der Waals surface area contributed by atoms with Crippen molar-refractivity contribution in [3.05, 3.63) is 10.7 Å². The topological polar surface area (TPSA) is 58.5 Å². The third-order valence-electron chi connectivity index (χ3n) is 3.83. The van der Waals surface area contributed by atoms with Gasteiger partial charge in [-0.15, -0.1) is 0 Å². The number of fused-ring (bicyclic) bond motifs is 2. The maximum absolute atomic E-state index is 9.80. The Balaban J connectivity index is 1.91. The standard InChI is InChI=1S/C12H16BrN3O2/c1-18-11-10(13)6-14-12(15-11)16-7-2-3-8(16)5-9(17)4-7/h6-9,17H,2-5H2,1H3. The summed E-state index contributed by atoms with van der Waals surface area (Å²) in [5, 5.41) is 9.80. The van der Waals surface area contributed by atoms with Crippen LogP contribution in [0.3, 0.4) is 0 Å². The predicted octanol–water partition coefficient (Wildman–Crippen LogP) is 1.74. The molecule has 0 saturated carbocycles. The average molecular weight is 314 g/mol. The van der Waals surface area contributed by atoms with E-state index in [1.807, 2.05) is 0 Å². The van der Waals surface area contributed by atoms with E-state index >= 15 is 0 Å². The number of aliphatic hydroxyl groups excluding tert-OH is 1. The molecule has 0 amide bonds. The van der Waals surface area contributed by atoms with E-state index in [-0.39, 0.29) is 6.10 Å². The fourth-order valence-electron chi connectivity index (χ4n) is 3.09. The summed E-state index contributed by atoms with van der Waals surface area (Å²) in [4.78, 5) is 11.1. The Bertz CT molecular complexity index is 443. The molecular weight excluding hydrogens is 298 g/mol. The smallest absolute Gasteiger partial charge is 0.232 e. The normalized spacial score (nSPS) is 30.6. The summed E-state index contributed by atoms with van der Waals surface area (Å²) < 4.78 is 5.98. The number of hydrogen-bond acceptors (Lipinski definition) is 5. The number of anilines is 1. The quantitative estimate of drug-likeness (QED) is 0.901. The van der Waals surface area contributed by atoms with Crippen LogP contribution in [-0.4, -0.2) is 40.4 Å². The molecule has 2 bridgehead atoms. The van der Waals surface area contributed by atoms with Gasteiger partial charge in [0.15, 0.2) is 0 Å². The molecule has 18 heavy (non-hydrogen) atoms. The van der Waals surface area contributed by atoms with Crippen LogP contribution in [0, 0.1) is 0 Å². The van der Waals surface area contributed by atoms with E-state index in [9.17, 15) is 5.11 Å². The molecule has 3 rings (SSSR count). The SMILES string of the molecule is COc1nc(N2C3CCC2CC(O)C3)ncc1Br. The van der Waals surface area contributed by atoms with Gasteiger partial charge < -0.3 is 14.7 Å². The van der Waals surface area contributed by atoms with Gasteiger partial charge in [0.05, 0.1) is 23.9 Å². The molecule has 98 valence electrons. The molecule has 1 N–H and O–H groups in total. The van der Waals surface area contributed by atoms with E-state index in [0.717, 1.165) is 36.1 Å². The zero-order chi connectivity index (χ0) is 12.7. The van der Waals surface area contributed by atoms with Crippen molar-refractivity contribution >= 4 is 21.9 Å². The monoisotopic (exact) mass is 313 g/mol. The van der Waals surface area contributed by atoms with E-state index in [1.165, 1.54) is 0 Å². The summed E-state index contributed by atoms with van der Waals surface area (Å²) in [6, 6.07) is 0.731. The molecule has 0 spiro atoms. The largest absolute Gasteiger partial charge is 0.480 e. The summed E-state index contributed by atoms with van der Waals surface area (Å²) in [7, 11) is 1.60. The summed E-state index contributed by atoms with van der Waals surface area (Å²) in [5.74, 6) is 1.28. The summed E-state index contributed by atoms with van der Waals surface area (Å²) in [6.45, 7) is 0. The summed E-state index contributed by atoms with van der Waals surface area (Å²) in [6.07, 6.45) is 5.42. The van der Waals surface area contributed by atoms with Gasteiger partial charge in [0.1, 0.15) is 0 Å². The van der Waals surface area contributed by atoms with E-state index in [0.29, 0.717) is 18.0 Å². The lowest BCUT2D eigenvalue weighted by atomic mass is 10.0. The first-order valence-corrected chi connectivity index (χ1v) is 7.01. The Kier molecular flexibility index (Phi) is 3.15. The second kappa shape index (κ2) is 4.66. The number of ether oxygens (including phenoxy) is 1. The van der Waals surface area contributed by atoms with Crippen molar-refractivity contribution in [1.82, 2.24) is 9.97 Å². The molecule has 1 aromatic rings. The Morgan fingerprint density at radius 3 is 2.67 bits per heavy atom. The molecule has 6 heteroatoms. The molecule has 2 fully saturated rings. The van der Waals surface area contributed by atoms with Gasteiger partial charge in [-0.3, -0.25) is 0 Å². The highest BCUT2D eigenvalue weighted by Crippen LogP contribution is 2.38. The van der Waals surface area contributed by atoms with Crippen LogP contribution in [-0.2, 0) is 0 Å². The van der Waals surface area contributed by atoms with E-state index in [4.69, 9.17) is 4.74 Å². The van der Waals surface area contributed by atoms with Gasteiger partial charge in [-0.05, 0) is 41.6 Å². The highest BCUT2D eigenvalue weighted by Gasteiger charge is 2.41. The first kappa shape index (κ1) is 12.2. The Labute approximate surface area is 114 Å². The van der Waals surface area contributed by atoms with Crippen LogP contribution in [0.25, 0.3) is 0 Å². The minimum Gasteiger partial charge on any atom is -0.480 e. The van der Waals surface area contributed by atoms with Crippen molar-refractivity contribution < 1.29 is 9.84 Å². The second-order valence-corrected chi connectivity index (χ2v) is 5.80. The molecule has 1 aromatic heterocycles.